The van der Waals surface area contributed by atoms with Crippen LogP contribution in [0.5, 0.6) is 0 Å². The van der Waals surface area contributed by atoms with Crippen molar-refractivity contribution < 1.29 is 0 Å². The van der Waals surface area contributed by atoms with Crippen LogP contribution in [0.3, 0.4) is 0 Å². The molecule has 3 heteroatoms. The van der Waals surface area contributed by atoms with Crippen molar-refractivity contribution >= 4 is 65.8 Å². The number of hydrogen-bond acceptors (Lipinski definition) is 1. The van der Waals surface area contributed by atoms with Crippen LogP contribution in [0.1, 0.15) is 12.8 Å². The van der Waals surface area contributed by atoms with Gasteiger partial charge in [0.15, 0.2) is 0 Å². The molecule has 10 rings (SSSR count). The largest absolute Gasteiger partial charge is 0.314 e. The average Bonchev–Trinajstić information content (AvgIpc) is 3.68. The highest BCUT2D eigenvalue weighted by atomic mass is 15.1. The van der Waals surface area contributed by atoms with Gasteiger partial charge in [0.05, 0.1) is 22.1 Å². The Bertz CT molecular complexity index is 2740. The van der Waals surface area contributed by atoms with Gasteiger partial charge in [-0.1, -0.05) is 97.1 Å². The first-order valence-electron chi connectivity index (χ1n) is 17.1. The van der Waals surface area contributed by atoms with Crippen LogP contribution in [-0.4, -0.2) is 9.13 Å². The van der Waals surface area contributed by atoms with Crippen LogP contribution < -0.4 is 4.90 Å². The summed E-state index contributed by atoms with van der Waals surface area (Å²) >= 11 is 0. The third-order valence-corrected chi connectivity index (χ3v) is 10.1. The minimum absolute atomic E-state index is 1.01. The van der Waals surface area contributed by atoms with Crippen LogP contribution in [0.15, 0.2) is 182 Å². The van der Waals surface area contributed by atoms with E-state index < -0.39 is 0 Å². The number of hydrogen-bond donors (Lipinski definition) is 0. The predicted molar refractivity (Wildman–Crippen MR) is 208 cm³/mol. The first kappa shape index (κ1) is 27.8. The molecule has 0 N–H and O–H groups in total. The Morgan fingerprint density at radius 1 is 0.449 bits per heavy atom. The van der Waals surface area contributed by atoms with E-state index >= 15 is 0 Å². The third-order valence-electron chi connectivity index (χ3n) is 10.1. The van der Waals surface area contributed by atoms with Gasteiger partial charge in [-0.25, -0.2) is 0 Å². The third kappa shape index (κ3) is 4.36. The molecule has 0 spiro atoms. The van der Waals surface area contributed by atoms with Crippen LogP contribution in [-0.2, 0) is 0 Å². The number of rotatable bonds is 5. The standard InChI is InChI=1S/C46H33N3/c1-4-15-33(16-5-1)47(34-17-6-2-7-18-34)36-25-27-37(28-26-36)49-43-29-24-32-14-10-11-21-38(32)46(43)41-30-40-39-22-12-13-23-42(39)48(44(40)31-45(41)49)35-19-8-3-9-20-35/h1-6,8-17,19-31H,7,18H2. The fourth-order valence-corrected chi connectivity index (χ4v) is 7.97. The first-order valence-corrected chi connectivity index (χ1v) is 17.1. The van der Waals surface area contributed by atoms with E-state index in [0.717, 1.165) is 24.2 Å². The maximum Gasteiger partial charge on any atom is 0.0562 e. The van der Waals surface area contributed by atoms with Crippen molar-refractivity contribution in [3.8, 4) is 11.4 Å². The number of fused-ring (bicyclic) bond motifs is 8. The van der Waals surface area contributed by atoms with E-state index in [1.165, 1.54) is 71.5 Å². The van der Waals surface area contributed by atoms with Gasteiger partial charge < -0.3 is 14.0 Å². The van der Waals surface area contributed by atoms with Gasteiger partial charge in [0.1, 0.15) is 0 Å². The second-order valence-corrected chi connectivity index (χ2v) is 12.9. The monoisotopic (exact) mass is 627 g/mol. The summed E-state index contributed by atoms with van der Waals surface area (Å²) in [7, 11) is 0. The zero-order valence-corrected chi connectivity index (χ0v) is 27.0. The zero-order chi connectivity index (χ0) is 32.3. The van der Waals surface area contributed by atoms with Gasteiger partial charge in [0, 0.05) is 50.0 Å². The van der Waals surface area contributed by atoms with Crippen molar-refractivity contribution in [2.75, 3.05) is 4.90 Å². The molecule has 1 aliphatic rings. The lowest BCUT2D eigenvalue weighted by molar-refractivity contribution is 0.917. The van der Waals surface area contributed by atoms with E-state index in [9.17, 15) is 0 Å². The lowest BCUT2D eigenvalue weighted by Crippen LogP contribution is -2.17. The Morgan fingerprint density at radius 3 is 1.90 bits per heavy atom. The second kappa shape index (κ2) is 11.1. The predicted octanol–water partition coefficient (Wildman–Crippen LogP) is 12.4. The summed E-state index contributed by atoms with van der Waals surface area (Å²) in [4.78, 5) is 2.40. The van der Waals surface area contributed by atoms with Crippen molar-refractivity contribution in [3.05, 3.63) is 182 Å². The second-order valence-electron chi connectivity index (χ2n) is 12.9. The van der Waals surface area contributed by atoms with E-state index in [2.05, 4.69) is 190 Å². The van der Waals surface area contributed by atoms with E-state index in [1.807, 2.05) is 0 Å². The Kier molecular flexibility index (Phi) is 6.31. The number of nitrogens with zero attached hydrogens (tertiary/aromatic N) is 3. The average molecular weight is 628 g/mol. The summed E-state index contributed by atoms with van der Waals surface area (Å²) in [6, 6.07) is 57.6. The Morgan fingerprint density at radius 2 is 1.10 bits per heavy atom. The molecule has 49 heavy (non-hydrogen) atoms. The van der Waals surface area contributed by atoms with Crippen LogP contribution in [0.4, 0.5) is 11.4 Å². The van der Waals surface area contributed by atoms with Gasteiger partial charge in [0.2, 0.25) is 0 Å². The van der Waals surface area contributed by atoms with Crippen molar-refractivity contribution in [3.63, 3.8) is 0 Å². The van der Waals surface area contributed by atoms with Crippen LogP contribution in [0.2, 0.25) is 0 Å². The summed E-state index contributed by atoms with van der Waals surface area (Å²) in [5.74, 6) is 0. The smallest absolute Gasteiger partial charge is 0.0562 e. The van der Waals surface area contributed by atoms with Crippen molar-refractivity contribution in [1.82, 2.24) is 9.13 Å². The maximum atomic E-state index is 2.46. The van der Waals surface area contributed by atoms with Crippen LogP contribution in [0, 0.1) is 0 Å². The summed E-state index contributed by atoms with van der Waals surface area (Å²) in [6.07, 6.45) is 8.74. The lowest BCUT2D eigenvalue weighted by Gasteiger charge is -2.29. The highest BCUT2D eigenvalue weighted by Crippen LogP contribution is 2.42. The molecule has 9 aromatic rings. The number of anilines is 2. The molecule has 0 fully saturated rings. The van der Waals surface area contributed by atoms with E-state index in [4.69, 9.17) is 0 Å². The van der Waals surface area contributed by atoms with Gasteiger partial charge in [-0.3, -0.25) is 0 Å². The summed E-state index contributed by atoms with van der Waals surface area (Å²) in [5.41, 5.74) is 10.8. The maximum absolute atomic E-state index is 2.46. The molecule has 2 aromatic heterocycles. The molecule has 0 saturated heterocycles. The van der Waals surface area contributed by atoms with E-state index in [0.29, 0.717) is 0 Å². The number of benzene rings is 7. The number of allylic oxidation sites excluding steroid dienone is 4. The molecule has 0 aliphatic heterocycles. The first-order chi connectivity index (χ1) is 24.3. The van der Waals surface area contributed by atoms with Gasteiger partial charge in [-0.2, -0.15) is 0 Å². The van der Waals surface area contributed by atoms with Crippen LogP contribution in [0.25, 0.3) is 65.8 Å². The molecule has 232 valence electrons. The molecular formula is C46H33N3. The number of aromatic nitrogens is 2. The molecule has 1 aliphatic carbocycles. The van der Waals surface area contributed by atoms with Gasteiger partial charge in [0.25, 0.3) is 0 Å². The van der Waals surface area contributed by atoms with E-state index in [1.54, 1.807) is 0 Å². The van der Waals surface area contributed by atoms with Crippen molar-refractivity contribution in [1.29, 1.82) is 0 Å². The molecule has 0 radical (unpaired) electrons. The number of para-hydroxylation sites is 3. The summed E-state index contributed by atoms with van der Waals surface area (Å²) < 4.78 is 4.88. The highest BCUT2D eigenvalue weighted by molar-refractivity contribution is 6.25. The van der Waals surface area contributed by atoms with E-state index in [-0.39, 0.29) is 0 Å². The SMILES string of the molecule is C1=CCCC(N(c2ccccc2)c2ccc(-n3c4cc5c(cc4c4c6ccccc6ccc43)c3ccccc3n5-c3ccccc3)cc2)=C1. The summed E-state index contributed by atoms with van der Waals surface area (Å²) in [5, 5.41) is 7.62. The molecule has 0 amide bonds. The molecule has 0 saturated carbocycles. The lowest BCUT2D eigenvalue weighted by atomic mass is 10.0. The van der Waals surface area contributed by atoms with Gasteiger partial charge >= 0.3 is 0 Å². The molecule has 0 bridgehead atoms. The van der Waals surface area contributed by atoms with Gasteiger partial charge in [-0.15, -0.1) is 0 Å². The Hall–Kier alpha value is -6.32. The topological polar surface area (TPSA) is 13.1 Å². The molecule has 2 heterocycles. The zero-order valence-electron chi connectivity index (χ0n) is 27.0. The molecule has 0 atom stereocenters. The molecule has 0 unspecified atom stereocenters. The molecular weight excluding hydrogens is 595 g/mol. The Labute approximate surface area is 284 Å². The molecule has 3 nitrogen and oxygen atoms in total. The van der Waals surface area contributed by atoms with Crippen molar-refractivity contribution in [2.24, 2.45) is 0 Å². The fraction of sp³-hybridized carbons (Fsp3) is 0.0435. The minimum atomic E-state index is 1.01. The quantitative estimate of drug-likeness (QED) is 0.185. The van der Waals surface area contributed by atoms with Crippen LogP contribution >= 0.6 is 0 Å². The Balaban J connectivity index is 1.25. The van der Waals surface area contributed by atoms with Gasteiger partial charge in [-0.05, 0) is 102 Å². The summed E-state index contributed by atoms with van der Waals surface area (Å²) in [6.45, 7) is 0. The fourth-order valence-electron chi connectivity index (χ4n) is 7.97. The minimum Gasteiger partial charge on any atom is -0.314 e. The molecule has 7 aromatic carbocycles. The normalized spacial score (nSPS) is 13.2. The van der Waals surface area contributed by atoms with Crippen molar-refractivity contribution in [2.45, 2.75) is 12.8 Å². The highest BCUT2D eigenvalue weighted by Gasteiger charge is 2.21.